The predicted molar refractivity (Wildman–Crippen MR) is 54.8 cm³/mol. The lowest BCUT2D eigenvalue weighted by atomic mass is 10.2. The van der Waals surface area contributed by atoms with Gasteiger partial charge in [0.15, 0.2) is 0 Å². The van der Waals surface area contributed by atoms with Gasteiger partial charge < -0.3 is 9.84 Å². The molecule has 0 bridgehead atoms. The first-order chi connectivity index (χ1) is 7.06. The number of hydrogen-bond donors (Lipinski definition) is 1. The van der Waals surface area contributed by atoms with Gasteiger partial charge in [0, 0.05) is 11.6 Å². The number of nitro benzene ring substituents is 1. The third-order valence-corrected chi connectivity index (χ3v) is 1.80. The van der Waals surface area contributed by atoms with Crippen molar-refractivity contribution < 1.29 is 14.8 Å². The molecule has 0 unspecified atom stereocenters. The molecule has 0 heterocycles. The van der Waals surface area contributed by atoms with Gasteiger partial charge in [0.25, 0.3) is 0 Å². The third kappa shape index (κ3) is 2.66. The van der Waals surface area contributed by atoms with Crippen molar-refractivity contribution >= 4 is 5.69 Å². The molecule has 82 valence electrons. The number of ether oxygens (including phenoxy) is 1. The second-order valence-electron chi connectivity index (χ2n) is 3.35. The van der Waals surface area contributed by atoms with Crippen molar-refractivity contribution in [2.45, 2.75) is 26.6 Å². The topological polar surface area (TPSA) is 72.6 Å². The first-order valence-corrected chi connectivity index (χ1v) is 4.60. The van der Waals surface area contributed by atoms with Crippen molar-refractivity contribution in [3.05, 3.63) is 33.9 Å². The monoisotopic (exact) mass is 211 g/mol. The zero-order valence-electron chi connectivity index (χ0n) is 8.64. The molecular weight excluding hydrogens is 198 g/mol. The molecule has 0 spiro atoms. The molecule has 0 saturated heterocycles. The van der Waals surface area contributed by atoms with Gasteiger partial charge in [0.1, 0.15) is 0 Å². The number of benzene rings is 1. The molecule has 0 aliphatic heterocycles. The molecule has 15 heavy (non-hydrogen) atoms. The Hall–Kier alpha value is -1.62. The van der Waals surface area contributed by atoms with E-state index in [2.05, 4.69) is 0 Å². The molecule has 5 nitrogen and oxygen atoms in total. The molecule has 5 heteroatoms. The quantitative estimate of drug-likeness (QED) is 0.609. The fourth-order valence-electron chi connectivity index (χ4n) is 1.21. The van der Waals surface area contributed by atoms with Crippen molar-refractivity contribution in [2.75, 3.05) is 0 Å². The van der Waals surface area contributed by atoms with Crippen LogP contribution >= 0.6 is 0 Å². The van der Waals surface area contributed by atoms with Crippen LogP contribution in [-0.4, -0.2) is 16.1 Å². The summed E-state index contributed by atoms with van der Waals surface area (Å²) in [5.74, 6) is 0.153. The molecule has 0 aliphatic carbocycles. The van der Waals surface area contributed by atoms with E-state index in [1.165, 1.54) is 12.1 Å². The van der Waals surface area contributed by atoms with Crippen LogP contribution in [0, 0.1) is 10.1 Å². The molecule has 1 N–H and O–H groups in total. The van der Waals surface area contributed by atoms with Crippen LogP contribution in [0.25, 0.3) is 0 Å². The first kappa shape index (κ1) is 11.5. The lowest BCUT2D eigenvalue weighted by molar-refractivity contribution is -0.386. The van der Waals surface area contributed by atoms with Gasteiger partial charge in [0.2, 0.25) is 5.75 Å². The summed E-state index contributed by atoms with van der Waals surface area (Å²) in [7, 11) is 0. The molecule has 0 amide bonds. The Bertz CT molecular complexity index is 362. The number of aliphatic hydroxyl groups excluding tert-OH is 1. The van der Waals surface area contributed by atoms with Crippen molar-refractivity contribution in [3.63, 3.8) is 0 Å². The maximum Gasteiger partial charge on any atom is 0.311 e. The highest BCUT2D eigenvalue weighted by molar-refractivity contribution is 5.51. The van der Waals surface area contributed by atoms with E-state index < -0.39 is 4.92 Å². The highest BCUT2D eigenvalue weighted by atomic mass is 16.6. The second-order valence-corrected chi connectivity index (χ2v) is 3.35. The summed E-state index contributed by atoms with van der Waals surface area (Å²) < 4.78 is 5.33. The largest absolute Gasteiger partial charge is 0.484 e. The zero-order chi connectivity index (χ0) is 11.4. The minimum Gasteiger partial charge on any atom is -0.484 e. The Morgan fingerprint density at radius 3 is 2.67 bits per heavy atom. The third-order valence-electron chi connectivity index (χ3n) is 1.80. The Kier molecular flexibility index (Phi) is 3.62. The van der Waals surface area contributed by atoms with E-state index in [0.29, 0.717) is 5.56 Å². The van der Waals surface area contributed by atoms with Crippen LogP contribution in [-0.2, 0) is 6.61 Å². The minimum absolute atomic E-state index is 0.116. The Morgan fingerprint density at radius 1 is 1.53 bits per heavy atom. The first-order valence-electron chi connectivity index (χ1n) is 4.60. The van der Waals surface area contributed by atoms with Crippen LogP contribution in [0.2, 0.25) is 0 Å². The van der Waals surface area contributed by atoms with Gasteiger partial charge in [0.05, 0.1) is 17.6 Å². The zero-order valence-corrected chi connectivity index (χ0v) is 8.64. The summed E-state index contributed by atoms with van der Waals surface area (Å²) >= 11 is 0. The predicted octanol–water partition coefficient (Wildman–Crippen LogP) is 1.87. The lowest BCUT2D eigenvalue weighted by Gasteiger charge is -2.12. The maximum absolute atomic E-state index is 10.7. The molecule has 0 fully saturated rings. The maximum atomic E-state index is 10.7. The van der Waals surface area contributed by atoms with Gasteiger partial charge >= 0.3 is 5.69 Å². The average molecular weight is 211 g/mol. The van der Waals surface area contributed by atoms with E-state index in [9.17, 15) is 10.1 Å². The van der Waals surface area contributed by atoms with Crippen molar-refractivity contribution in [1.29, 1.82) is 0 Å². The van der Waals surface area contributed by atoms with Crippen LogP contribution < -0.4 is 4.74 Å². The van der Waals surface area contributed by atoms with E-state index >= 15 is 0 Å². The SMILES string of the molecule is CC(C)Oc1c(CO)cccc1[N+](=O)[O-]. The summed E-state index contributed by atoms with van der Waals surface area (Å²) in [4.78, 5) is 10.2. The Balaban J connectivity index is 3.20. The number of nitro groups is 1. The highest BCUT2D eigenvalue weighted by Gasteiger charge is 2.19. The molecule has 1 aromatic rings. The van der Waals surface area contributed by atoms with Crippen molar-refractivity contribution in [1.82, 2.24) is 0 Å². The summed E-state index contributed by atoms with van der Waals surface area (Å²) in [6.07, 6.45) is -0.170. The minimum atomic E-state index is -0.517. The molecular formula is C10H13NO4. The summed E-state index contributed by atoms with van der Waals surface area (Å²) in [6.45, 7) is 3.28. The molecule has 0 aliphatic rings. The smallest absolute Gasteiger partial charge is 0.311 e. The molecule has 1 aromatic carbocycles. The van der Waals surface area contributed by atoms with Gasteiger partial charge in [-0.15, -0.1) is 0 Å². The Labute approximate surface area is 87.5 Å². The summed E-state index contributed by atoms with van der Waals surface area (Å²) in [6, 6.07) is 4.48. The number of nitrogens with zero attached hydrogens (tertiary/aromatic N) is 1. The van der Waals surface area contributed by atoms with E-state index in [0.717, 1.165) is 0 Å². The van der Waals surface area contributed by atoms with Crippen LogP contribution in [0.4, 0.5) is 5.69 Å². The average Bonchev–Trinajstić information content (AvgIpc) is 2.16. The van der Waals surface area contributed by atoms with Crippen molar-refractivity contribution in [3.8, 4) is 5.75 Å². The van der Waals surface area contributed by atoms with Gasteiger partial charge in [-0.2, -0.15) is 0 Å². The molecule has 0 radical (unpaired) electrons. The van der Waals surface area contributed by atoms with Gasteiger partial charge in [-0.1, -0.05) is 12.1 Å². The van der Waals surface area contributed by atoms with Crippen LogP contribution in [0.1, 0.15) is 19.4 Å². The second kappa shape index (κ2) is 4.75. The summed E-state index contributed by atoms with van der Waals surface area (Å²) in [5.41, 5.74) is 0.313. The molecule has 0 atom stereocenters. The van der Waals surface area contributed by atoms with Gasteiger partial charge in [-0.25, -0.2) is 0 Å². The molecule has 0 aromatic heterocycles. The normalized spacial score (nSPS) is 10.4. The van der Waals surface area contributed by atoms with Crippen LogP contribution in [0.5, 0.6) is 5.75 Å². The van der Waals surface area contributed by atoms with Gasteiger partial charge in [-0.3, -0.25) is 10.1 Å². The fourth-order valence-corrected chi connectivity index (χ4v) is 1.21. The lowest BCUT2D eigenvalue weighted by Crippen LogP contribution is -2.09. The molecule has 1 rings (SSSR count). The Morgan fingerprint density at radius 2 is 2.20 bits per heavy atom. The van der Waals surface area contributed by atoms with E-state index in [1.54, 1.807) is 19.9 Å². The van der Waals surface area contributed by atoms with Gasteiger partial charge in [-0.05, 0) is 13.8 Å². The number of hydrogen-bond acceptors (Lipinski definition) is 4. The number of para-hydroxylation sites is 1. The van der Waals surface area contributed by atoms with E-state index in [-0.39, 0.29) is 24.1 Å². The van der Waals surface area contributed by atoms with E-state index in [1.807, 2.05) is 0 Å². The summed E-state index contributed by atoms with van der Waals surface area (Å²) in [5, 5.41) is 19.8. The van der Waals surface area contributed by atoms with E-state index in [4.69, 9.17) is 9.84 Å². The fraction of sp³-hybridized carbons (Fsp3) is 0.400. The van der Waals surface area contributed by atoms with Crippen LogP contribution in [0.3, 0.4) is 0 Å². The highest BCUT2D eigenvalue weighted by Crippen LogP contribution is 2.31. The van der Waals surface area contributed by atoms with Crippen LogP contribution in [0.15, 0.2) is 18.2 Å². The number of aliphatic hydroxyl groups is 1. The standard InChI is InChI=1S/C10H13NO4/c1-7(2)15-10-8(6-12)4-3-5-9(10)11(13)14/h3-5,7,12H,6H2,1-2H3. The van der Waals surface area contributed by atoms with Crippen molar-refractivity contribution in [2.24, 2.45) is 0 Å². The molecule has 0 saturated carbocycles. The number of rotatable bonds is 4.